The lowest BCUT2D eigenvalue weighted by molar-refractivity contribution is -0.229. The molecule has 0 radical (unpaired) electrons. The molecule has 26 saturated carbocycles. The van der Waals surface area contributed by atoms with Crippen LogP contribution in [0.5, 0.6) is 0 Å². The predicted octanol–water partition coefficient (Wildman–Crippen LogP) is 37.2. The number of hydrogen-bond acceptors (Lipinski definition) is 1. The fraction of sp³-hybridized carbons (Fsp3) is 1.00. The summed E-state index contributed by atoms with van der Waals surface area (Å²) in [6, 6.07) is 0. The third-order valence-corrected chi connectivity index (χ3v) is 37.5. The normalized spacial score (nSPS) is 48.6. The molecule has 18 bridgehead atoms. The van der Waals surface area contributed by atoms with Crippen LogP contribution in [-0.4, -0.2) is 31.2 Å². The number of fused-ring (bicyclic) bond motifs is 14. The Labute approximate surface area is 766 Å². The summed E-state index contributed by atoms with van der Waals surface area (Å²) in [5.41, 5.74) is -1.07. The highest BCUT2D eigenvalue weighted by molar-refractivity contribution is 5.02. The van der Waals surface area contributed by atoms with E-state index < -0.39 is 49.8 Å². The summed E-state index contributed by atoms with van der Waals surface area (Å²) in [5, 5.41) is 0. The number of halogens is 3. The van der Waals surface area contributed by atoms with Crippen LogP contribution in [0.3, 0.4) is 0 Å². The van der Waals surface area contributed by atoms with Crippen molar-refractivity contribution in [1.29, 1.82) is 0 Å². The van der Waals surface area contributed by atoms with Gasteiger partial charge in [-0.25, -0.2) is 0 Å². The predicted molar refractivity (Wildman–Crippen MR) is 514 cm³/mol. The minimum Gasteiger partial charge on any atom is -0.306 e. The maximum atomic E-state index is 12.7. The van der Waals surface area contributed by atoms with Crippen LogP contribution in [-0.2, 0) is 0 Å². The lowest BCUT2D eigenvalue weighted by Crippen LogP contribution is -2.48. The molecule has 119 heavy (non-hydrogen) atoms. The van der Waals surface area contributed by atoms with Crippen molar-refractivity contribution in [3.8, 4) is 0 Å². The minimum atomic E-state index is -4.15. The Morgan fingerprint density at radius 3 is 1.01 bits per heavy atom. The SMILES string of the molecule is CC1C2CC1C2.CC1CC2CCCC(CC2)C1.[2H]C([2H])(C)C12CC3CC(CC(C3)C1)C2.[2H]C([2H])(C)C1CC2CC(C2)C1.[2H]C([2H])(C)C1CC2CCC1C2.[2H]C([2H])(C)C1CCC(C)(C(F)(F)F)CC1.[2H]C([2H])(C)C1CCC(C)(C)CC1.[2H]C([2H])(C)C1CCC(C)CC1.[2H]C1(C)CC2CC(C2)C1.[2H]C1(C)CCCCC1.[2H]C1(C)CCN(C)CC1.[2H][C@@]1(C)CC2CCC1C2.[2H][C@@]1(C)CC2CCC1CC2. The molecule has 27 aliphatic rings. The van der Waals surface area contributed by atoms with E-state index in [1.54, 1.807) is 66.2 Å². The smallest absolute Gasteiger partial charge is 0.306 e. The molecule has 0 N–H and O–H groups in total. The molecular formula is C115H210F3N. The van der Waals surface area contributed by atoms with Gasteiger partial charge in [-0.15, -0.1) is 0 Å². The zero-order chi connectivity index (χ0) is 101. The Balaban J connectivity index is 0.000000153. The van der Waals surface area contributed by atoms with Crippen molar-refractivity contribution in [2.24, 2.45) is 194 Å². The fourth-order valence-electron chi connectivity index (χ4n) is 28.4. The van der Waals surface area contributed by atoms with Gasteiger partial charge in [-0.2, -0.15) is 13.2 Å². The van der Waals surface area contributed by atoms with Gasteiger partial charge in [0.1, 0.15) is 0 Å². The summed E-state index contributed by atoms with van der Waals surface area (Å²) in [6.45, 7) is 35.7. The van der Waals surface area contributed by atoms with E-state index in [-0.39, 0.29) is 53.6 Å². The van der Waals surface area contributed by atoms with Crippen molar-refractivity contribution in [3.63, 3.8) is 0 Å². The number of alkyl halides is 3. The molecule has 0 aromatic carbocycles. The zero-order valence-electron chi connectivity index (χ0n) is 98.8. The largest absolute Gasteiger partial charge is 0.394 e. The first kappa shape index (κ1) is 78.6. The van der Waals surface area contributed by atoms with E-state index in [1.165, 1.54) is 244 Å². The Morgan fingerprint density at radius 2 is 0.706 bits per heavy atom. The van der Waals surface area contributed by atoms with Gasteiger partial charge < -0.3 is 4.90 Å². The molecule has 4 heteroatoms. The molecule has 0 aromatic heterocycles. The van der Waals surface area contributed by atoms with Gasteiger partial charge in [0.05, 0.1) is 5.41 Å². The Bertz CT molecular complexity index is 3370. The highest BCUT2D eigenvalue weighted by atomic mass is 19.4. The summed E-state index contributed by atoms with van der Waals surface area (Å²) in [5.74, 6) is 19.5. The first-order valence-electron chi connectivity index (χ1n) is 61.3. The molecule has 0 aromatic rings. The molecule has 1 nitrogen and oxygen atoms in total. The molecule has 0 spiro atoms. The van der Waals surface area contributed by atoms with E-state index in [9.17, 15) is 13.2 Å². The van der Waals surface area contributed by atoms with Gasteiger partial charge in [0.25, 0.3) is 0 Å². The molecule has 696 valence electrons. The summed E-state index contributed by atoms with van der Waals surface area (Å²) in [4.78, 5) is 2.29. The Kier molecular flexibility index (Phi) is 32.8. The summed E-state index contributed by atoms with van der Waals surface area (Å²) < 4.78 is 169. The summed E-state index contributed by atoms with van der Waals surface area (Å²) in [6.07, 6.45) is 57.1. The molecule has 0 amide bonds. The van der Waals surface area contributed by atoms with Crippen LogP contribution in [0.15, 0.2) is 0 Å². The maximum absolute atomic E-state index is 12.7. The van der Waals surface area contributed by atoms with Crippen molar-refractivity contribution in [1.82, 2.24) is 4.90 Å². The van der Waals surface area contributed by atoms with Crippen LogP contribution < -0.4 is 0 Å². The number of rotatable bonds is 6. The first-order chi connectivity index (χ1) is 62.5. The molecule has 7 unspecified atom stereocenters. The Morgan fingerprint density at radius 1 is 0.311 bits per heavy atom. The number of hydrogen-bond donors (Lipinski definition) is 0. The third-order valence-electron chi connectivity index (χ3n) is 37.5. The van der Waals surface area contributed by atoms with E-state index in [0.29, 0.717) is 41.9 Å². The van der Waals surface area contributed by atoms with Crippen molar-refractivity contribution in [2.45, 2.75) is 515 Å². The average Bonchev–Trinajstić information content (AvgIpc) is 0.866. The zero-order valence-corrected chi connectivity index (χ0v) is 81.8. The molecular weight excluding hydrogens is 1450 g/mol. The third kappa shape index (κ3) is 32.7. The van der Waals surface area contributed by atoms with Crippen molar-refractivity contribution in [3.05, 3.63) is 0 Å². The lowest BCUT2D eigenvalue weighted by Gasteiger charge is -2.56. The van der Waals surface area contributed by atoms with Crippen molar-refractivity contribution >= 4 is 0 Å². The number of nitrogens with zero attached hydrogens (tertiary/aromatic N) is 1. The van der Waals surface area contributed by atoms with Gasteiger partial charge in [-0.1, -0.05) is 272 Å². The Hall–Kier alpha value is -0.250. The van der Waals surface area contributed by atoms with E-state index >= 15 is 0 Å². The van der Waals surface area contributed by atoms with E-state index in [1.807, 2.05) is 20.8 Å². The standard InChI is InChI=1S/C12H20.C11H20.C10H17F3.C10H20.3C9H16.C9H18.2C8H14.C7H15N.C7H14.C6H10/c1-2-12-6-9-3-10(7-12)5-11(4-9)8-12;1-9-7-10-3-2-4-11(8-9)6-5-10;1-3-8-4-6-9(2,7-5-8)10(11,12)13;1-4-9-5-7-10(2,3)8-6-9;1-7-6-8-2-4-9(7)5-3-8;1-2-7-3-8-5-9(4-7)6-8;1-2-8-5-7-3-4-9(8)6-7;1-3-9-6-4-8(2)5-7-9;1-6-2-7-4-8(3-6)5-7;1-6-4-7-2-3-8(6)5-7;1-7-3-5-8(2)6-4-7;1-7-5-3-2-4-6-7;1-4-5-2-6(4)3-5/h9-11H,2-8H2,1H3;9-11H,2-8H2,1H3;8H,3-7H2,1-2H3;9H,4-8H2,1-3H3;3*7-9H,2-6H2,1H3;8-9H,3-7H2,1-2H3;2*6-8H,2-5H2,1H3;7H,3-6H2,1-2H3;7H,2-6H2,1H3;4-6H,2-3H2,1H3/t;;;;7-,8?,9?;;;;;6-,7?,8?;;;/m....1....1.../s1/i2D2;;3D2;4D2;7D;2*2D2;3D2;2*6D;2*7D;. The monoisotopic (exact) mass is 1680 g/mol. The van der Waals surface area contributed by atoms with Crippen molar-refractivity contribution in [2.75, 3.05) is 20.1 Å². The molecule has 27 fully saturated rings. The van der Waals surface area contributed by atoms with Crippen LogP contribution >= 0.6 is 0 Å². The molecule has 1 aliphatic heterocycles. The molecule has 27 rings (SSSR count). The lowest BCUT2D eigenvalue weighted by atomic mass is 9.49. The van der Waals surface area contributed by atoms with Gasteiger partial charge in [-0.05, 0) is 446 Å². The topological polar surface area (TPSA) is 3.24 Å². The molecule has 26 aliphatic carbocycles. The van der Waals surface area contributed by atoms with Gasteiger partial charge in [0.15, 0.2) is 0 Å². The second-order valence-corrected chi connectivity index (χ2v) is 48.0. The quantitative estimate of drug-likeness (QED) is 0.256. The second-order valence-electron chi connectivity index (χ2n) is 48.0. The number of piperidine rings is 1. The van der Waals surface area contributed by atoms with Gasteiger partial charge in [-0.3, -0.25) is 0 Å². The maximum Gasteiger partial charge on any atom is 0.394 e. The van der Waals surface area contributed by atoms with E-state index in [2.05, 4.69) is 67.3 Å². The van der Waals surface area contributed by atoms with Crippen LogP contribution in [0.2, 0.25) is 0 Å². The average molecular weight is 1680 g/mol. The second kappa shape index (κ2) is 49.7. The fourth-order valence-corrected chi connectivity index (χ4v) is 28.4. The van der Waals surface area contributed by atoms with Crippen LogP contribution in [0.4, 0.5) is 13.2 Å². The first-order valence-corrected chi connectivity index (χ1v) is 52.8. The summed E-state index contributed by atoms with van der Waals surface area (Å²) in [7, 11) is 2.12. The molecule has 1 saturated heterocycles. The van der Waals surface area contributed by atoms with Gasteiger partial charge >= 0.3 is 6.18 Å². The van der Waals surface area contributed by atoms with Crippen LogP contribution in [0.1, 0.15) is 532 Å². The van der Waals surface area contributed by atoms with Gasteiger partial charge in [0.2, 0.25) is 0 Å². The van der Waals surface area contributed by atoms with E-state index in [4.69, 9.17) is 23.3 Å². The van der Waals surface area contributed by atoms with Gasteiger partial charge in [0, 0.05) is 23.3 Å². The highest BCUT2D eigenvalue weighted by Crippen LogP contribution is 2.62. The number of likely N-dealkylation sites (tertiary alicyclic amines) is 1. The molecule has 9 atom stereocenters. The van der Waals surface area contributed by atoms with Crippen LogP contribution in [0.25, 0.3) is 0 Å². The minimum absolute atomic E-state index is 0.0388. The summed E-state index contributed by atoms with van der Waals surface area (Å²) >= 11 is 0. The van der Waals surface area contributed by atoms with Crippen molar-refractivity contribution < 1.29 is 36.5 Å². The van der Waals surface area contributed by atoms with Crippen LogP contribution in [0, 0.1) is 194 Å². The molecule has 1 heterocycles. The van der Waals surface area contributed by atoms with E-state index in [0.717, 1.165) is 190 Å². The highest BCUT2D eigenvalue weighted by Gasteiger charge is 2.53.